The number of para-hydroxylation sites is 1. The number of carbonyl (C=O) groups excluding carboxylic acids is 1. The maximum Gasteiger partial charge on any atom is 0.323 e. The molecule has 0 unspecified atom stereocenters. The molecule has 0 bridgehead atoms. The molecule has 6 heteroatoms. The molecule has 2 aromatic rings. The molecule has 0 radical (unpaired) electrons. The van der Waals surface area contributed by atoms with Gasteiger partial charge in [-0.05, 0) is 56.7 Å². The average molecular weight is 350 g/mol. The summed E-state index contributed by atoms with van der Waals surface area (Å²) >= 11 is 5.91. The SMILES string of the molecule is CCN(CC)c1ccc(NC(=O)Nc2c(F)cccc2Cl)c(C)c1. The predicted molar refractivity (Wildman–Crippen MR) is 98.8 cm³/mol. The quantitative estimate of drug-likeness (QED) is 0.771. The smallest absolute Gasteiger partial charge is 0.323 e. The first-order valence-electron chi connectivity index (χ1n) is 7.83. The van der Waals surface area contributed by atoms with Crippen molar-refractivity contribution in [2.24, 2.45) is 0 Å². The fourth-order valence-corrected chi connectivity index (χ4v) is 2.67. The van der Waals surface area contributed by atoms with E-state index in [1.54, 1.807) is 0 Å². The number of halogens is 2. The maximum atomic E-state index is 13.7. The van der Waals surface area contributed by atoms with Gasteiger partial charge in [-0.25, -0.2) is 9.18 Å². The lowest BCUT2D eigenvalue weighted by molar-refractivity contribution is 0.262. The second-order valence-electron chi connectivity index (χ2n) is 5.35. The number of hydrogen-bond donors (Lipinski definition) is 2. The Hall–Kier alpha value is -2.27. The molecule has 0 fully saturated rings. The molecule has 0 atom stereocenters. The summed E-state index contributed by atoms with van der Waals surface area (Å²) < 4.78 is 13.7. The molecule has 0 spiro atoms. The minimum Gasteiger partial charge on any atom is -0.372 e. The van der Waals surface area contributed by atoms with Crippen molar-refractivity contribution in [1.82, 2.24) is 0 Å². The highest BCUT2D eigenvalue weighted by molar-refractivity contribution is 6.33. The van der Waals surface area contributed by atoms with Crippen LogP contribution in [0.15, 0.2) is 36.4 Å². The molecule has 0 aliphatic rings. The van der Waals surface area contributed by atoms with Gasteiger partial charge in [0.15, 0.2) is 0 Å². The van der Waals surface area contributed by atoms with Crippen molar-refractivity contribution in [2.75, 3.05) is 28.6 Å². The molecule has 2 amide bonds. The van der Waals surface area contributed by atoms with Gasteiger partial charge in [-0.2, -0.15) is 0 Å². The second kappa shape index (κ2) is 8.02. The van der Waals surface area contributed by atoms with E-state index in [1.807, 2.05) is 25.1 Å². The molecule has 0 saturated heterocycles. The molecule has 2 N–H and O–H groups in total. The van der Waals surface area contributed by atoms with E-state index in [4.69, 9.17) is 11.6 Å². The van der Waals surface area contributed by atoms with E-state index in [-0.39, 0.29) is 10.7 Å². The van der Waals surface area contributed by atoms with Crippen LogP contribution in [0, 0.1) is 12.7 Å². The van der Waals surface area contributed by atoms with Crippen LogP contribution in [0.25, 0.3) is 0 Å². The number of aryl methyl sites for hydroxylation is 1. The van der Waals surface area contributed by atoms with Crippen molar-refractivity contribution >= 4 is 34.7 Å². The Labute approximate surface area is 146 Å². The van der Waals surface area contributed by atoms with E-state index < -0.39 is 11.8 Å². The molecular formula is C18H21ClFN3O. The third-order valence-corrected chi connectivity index (χ3v) is 4.10. The molecule has 128 valence electrons. The van der Waals surface area contributed by atoms with Crippen LogP contribution >= 0.6 is 11.6 Å². The fourth-order valence-electron chi connectivity index (χ4n) is 2.46. The van der Waals surface area contributed by atoms with Gasteiger partial charge in [-0.1, -0.05) is 17.7 Å². The fraction of sp³-hybridized carbons (Fsp3) is 0.278. The van der Waals surface area contributed by atoms with Gasteiger partial charge in [0, 0.05) is 24.5 Å². The topological polar surface area (TPSA) is 44.4 Å². The Kier molecular flexibility index (Phi) is 6.04. The van der Waals surface area contributed by atoms with Crippen molar-refractivity contribution in [1.29, 1.82) is 0 Å². The predicted octanol–water partition coefficient (Wildman–Crippen LogP) is 5.28. The van der Waals surface area contributed by atoms with Crippen molar-refractivity contribution in [3.05, 3.63) is 52.8 Å². The van der Waals surface area contributed by atoms with Crippen LogP contribution in [-0.4, -0.2) is 19.1 Å². The van der Waals surface area contributed by atoms with Gasteiger partial charge in [0.2, 0.25) is 0 Å². The Morgan fingerprint density at radius 1 is 1.17 bits per heavy atom. The van der Waals surface area contributed by atoms with Crippen LogP contribution < -0.4 is 15.5 Å². The van der Waals surface area contributed by atoms with Gasteiger partial charge in [-0.15, -0.1) is 0 Å². The number of nitrogens with zero attached hydrogens (tertiary/aromatic N) is 1. The number of nitrogens with one attached hydrogen (secondary N) is 2. The summed E-state index contributed by atoms with van der Waals surface area (Å²) in [4.78, 5) is 14.3. The second-order valence-corrected chi connectivity index (χ2v) is 5.75. The van der Waals surface area contributed by atoms with E-state index in [0.717, 1.165) is 24.3 Å². The first-order valence-corrected chi connectivity index (χ1v) is 8.21. The lowest BCUT2D eigenvalue weighted by Gasteiger charge is -2.22. The van der Waals surface area contributed by atoms with E-state index in [1.165, 1.54) is 18.2 Å². The normalized spacial score (nSPS) is 10.4. The zero-order chi connectivity index (χ0) is 17.7. The van der Waals surface area contributed by atoms with Gasteiger partial charge >= 0.3 is 6.03 Å². The largest absolute Gasteiger partial charge is 0.372 e. The van der Waals surface area contributed by atoms with Crippen molar-refractivity contribution in [3.8, 4) is 0 Å². The van der Waals surface area contributed by atoms with E-state index in [0.29, 0.717) is 5.69 Å². The first kappa shape index (κ1) is 18.1. The summed E-state index contributed by atoms with van der Waals surface area (Å²) in [5, 5.41) is 5.32. The minimum absolute atomic E-state index is 0.0333. The van der Waals surface area contributed by atoms with Crippen molar-refractivity contribution in [3.63, 3.8) is 0 Å². The summed E-state index contributed by atoms with van der Waals surface area (Å²) in [6.07, 6.45) is 0. The lowest BCUT2D eigenvalue weighted by Crippen LogP contribution is -2.23. The monoisotopic (exact) mass is 349 g/mol. The number of carbonyl (C=O) groups is 1. The lowest BCUT2D eigenvalue weighted by atomic mass is 10.1. The molecule has 0 heterocycles. The number of urea groups is 1. The van der Waals surface area contributed by atoms with Gasteiger partial charge in [0.1, 0.15) is 5.82 Å². The number of amides is 2. The zero-order valence-electron chi connectivity index (χ0n) is 14.0. The molecule has 0 aromatic heterocycles. The number of benzene rings is 2. The Bertz CT molecular complexity index is 712. The molecule has 0 aliphatic carbocycles. The molecule has 4 nitrogen and oxygen atoms in total. The van der Waals surface area contributed by atoms with Crippen LogP contribution in [0.3, 0.4) is 0 Å². The van der Waals surface area contributed by atoms with Crippen LogP contribution in [0.4, 0.5) is 26.2 Å². The summed E-state index contributed by atoms with van der Waals surface area (Å²) in [7, 11) is 0. The molecule has 0 saturated carbocycles. The third kappa shape index (κ3) is 4.17. The molecule has 2 aromatic carbocycles. The summed E-state index contributed by atoms with van der Waals surface area (Å²) in [6, 6.07) is 9.50. The van der Waals surface area contributed by atoms with Gasteiger partial charge < -0.3 is 15.5 Å². The Morgan fingerprint density at radius 2 is 1.88 bits per heavy atom. The van der Waals surface area contributed by atoms with Crippen molar-refractivity contribution < 1.29 is 9.18 Å². The minimum atomic E-state index is -0.578. The standard InChI is InChI=1S/C18H21ClFN3O/c1-4-23(5-2)13-9-10-16(12(3)11-13)21-18(24)22-17-14(19)7-6-8-15(17)20/h6-11H,4-5H2,1-3H3,(H2,21,22,24). The number of hydrogen-bond acceptors (Lipinski definition) is 2. The Balaban J connectivity index is 2.12. The van der Waals surface area contributed by atoms with Crippen molar-refractivity contribution in [2.45, 2.75) is 20.8 Å². The van der Waals surface area contributed by atoms with E-state index >= 15 is 0 Å². The molecule has 2 rings (SSSR count). The van der Waals surface area contributed by atoms with Crippen LogP contribution in [-0.2, 0) is 0 Å². The van der Waals surface area contributed by atoms with Crippen LogP contribution in [0.5, 0.6) is 0 Å². The highest BCUT2D eigenvalue weighted by atomic mass is 35.5. The highest BCUT2D eigenvalue weighted by Gasteiger charge is 2.12. The highest BCUT2D eigenvalue weighted by Crippen LogP contribution is 2.26. The molecule has 0 aliphatic heterocycles. The van der Waals surface area contributed by atoms with E-state index in [2.05, 4.69) is 29.4 Å². The average Bonchev–Trinajstić information content (AvgIpc) is 2.55. The number of rotatable bonds is 5. The maximum absolute atomic E-state index is 13.7. The van der Waals surface area contributed by atoms with Crippen LogP contribution in [0.1, 0.15) is 19.4 Å². The zero-order valence-corrected chi connectivity index (χ0v) is 14.7. The van der Waals surface area contributed by atoms with Crippen LogP contribution in [0.2, 0.25) is 5.02 Å². The summed E-state index contributed by atoms with van der Waals surface area (Å²) in [5.74, 6) is -0.578. The summed E-state index contributed by atoms with van der Waals surface area (Å²) in [5.41, 5.74) is 2.65. The first-order chi connectivity index (χ1) is 11.5. The molecule has 24 heavy (non-hydrogen) atoms. The van der Waals surface area contributed by atoms with Gasteiger partial charge in [-0.3, -0.25) is 0 Å². The van der Waals surface area contributed by atoms with E-state index in [9.17, 15) is 9.18 Å². The molecular weight excluding hydrogens is 329 g/mol. The third-order valence-electron chi connectivity index (χ3n) is 3.79. The summed E-state index contributed by atoms with van der Waals surface area (Å²) in [6.45, 7) is 7.93. The van der Waals surface area contributed by atoms with Gasteiger partial charge in [0.05, 0.1) is 10.7 Å². The number of anilines is 3. The Morgan fingerprint density at radius 3 is 2.46 bits per heavy atom. The van der Waals surface area contributed by atoms with Gasteiger partial charge in [0.25, 0.3) is 0 Å².